The molecular formula is C15H29NO. The molecule has 0 heterocycles. The van der Waals surface area contributed by atoms with Crippen molar-refractivity contribution < 1.29 is 5.11 Å². The molecule has 2 heteroatoms. The highest BCUT2D eigenvalue weighted by Crippen LogP contribution is 2.04. The van der Waals surface area contributed by atoms with E-state index in [1.54, 1.807) is 0 Å². The Balaban J connectivity index is 3.99. The Bertz CT molecular complexity index is 229. The third-order valence-electron chi connectivity index (χ3n) is 2.94. The average Bonchev–Trinajstić information content (AvgIpc) is 2.23. The first-order valence-electron chi connectivity index (χ1n) is 6.91. The lowest BCUT2D eigenvalue weighted by molar-refractivity contribution is 0.198. The first-order chi connectivity index (χ1) is 7.99. The zero-order chi connectivity index (χ0) is 13.3. The molecule has 0 radical (unpaired) electrons. The molecule has 0 saturated heterocycles. The van der Waals surface area contributed by atoms with E-state index in [1.807, 2.05) is 0 Å². The van der Waals surface area contributed by atoms with E-state index < -0.39 is 6.10 Å². The molecule has 2 nitrogen and oxygen atoms in total. The SMILES string of the molecule is CCCCCC(O)C#CCN(C(C)C)C(C)C. The van der Waals surface area contributed by atoms with Crippen LogP contribution < -0.4 is 0 Å². The Labute approximate surface area is 107 Å². The van der Waals surface area contributed by atoms with E-state index in [1.165, 1.54) is 12.8 Å². The van der Waals surface area contributed by atoms with Crippen molar-refractivity contribution in [2.45, 2.75) is 78.5 Å². The minimum Gasteiger partial charge on any atom is -0.380 e. The molecule has 0 saturated carbocycles. The van der Waals surface area contributed by atoms with Gasteiger partial charge in [0.2, 0.25) is 0 Å². The number of aliphatic hydroxyl groups excluding tert-OH is 1. The number of unbranched alkanes of at least 4 members (excludes halogenated alkanes) is 2. The molecule has 0 rings (SSSR count). The molecule has 0 spiro atoms. The van der Waals surface area contributed by atoms with Gasteiger partial charge in [-0.05, 0) is 40.5 Å². The van der Waals surface area contributed by atoms with Gasteiger partial charge in [0, 0.05) is 12.1 Å². The van der Waals surface area contributed by atoms with Crippen molar-refractivity contribution in [3.63, 3.8) is 0 Å². The summed E-state index contributed by atoms with van der Waals surface area (Å²) in [4.78, 5) is 2.33. The molecule has 1 N–H and O–H groups in total. The summed E-state index contributed by atoms with van der Waals surface area (Å²) < 4.78 is 0. The molecular weight excluding hydrogens is 210 g/mol. The fourth-order valence-electron chi connectivity index (χ4n) is 1.88. The van der Waals surface area contributed by atoms with E-state index in [4.69, 9.17) is 0 Å². The second-order valence-corrected chi connectivity index (χ2v) is 5.19. The van der Waals surface area contributed by atoms with Gasteiger partial charge in [0.25, 0.3) is 0 Å². The standard InChI is InChI=1S/C15H29NO/c1-6-7-8-10-15(17)11-9-12-16(13(2)3)14(4)5/h13-15,17H,6-8,10,12H2,1-5H3. The topological polar surface area (TPSA) is 23.5 Å². The molecule has 0 aliphatic rings. The van der Waals surface area contributed by atoms with Crippen LogP contribution in [0, 0.1) is 11.8 Å². The third-order valence-corrected chi connectivity index (χ3v) is 2.94. The van der Waals surface area contributed by atoms with Crippen LogP contribution in [-0.2, 0) is 0 Å². The predicted octanol–water partition coefficient (Wildman–Crippen LogP) is 3.05. The van der Waals surface area contributed by atoms with Gasteiger partial charge in [-0.2, -0.15) is 0 Å². The Morgan fingerprint density at radius 1 is 1.06 bits per heavy atom. The number of hydrogen-bond acceptors (Lipinski definition) is 2. The van der Waals surface area contributed by atoms with Gasteiger partial charge in [0.05, 0.1) is 6.54 Å². The Morgan fingerprint density at radius 3 is 2.12 bits per heavy atom. The van der Waals surface area contributed by atoms with Gasteiger partial charge in [-0.25, -0.2) is 0 Å². The molecule has 100 valence electrons. The normalized spacial score (nSPS) is 13.0. The summed E-state index contributed by atoms with van der Waals surface area (Å²) in [5.41, 5.74) is 0. The summed E-state index contributed by atoms with van der Waals surface area (Å²) in [6.45, 7) is 11.6. The van der Waals surface area contributed by atoms with Crippen molar-refractivity contribution in [1.29, 1.82) is 0 Å². The van der Waals surface area contributed by atoms with Crippen molar-refractivity contribution in [1.82, 2.24) is 4.90 Å². The smallest absolute Gasteiger partial charge is 0.114 e. The van der Waals surface area contributed by atoms with Crippen LogP contribution in [-0.4, -0.2) is 34.7 Å². The van der Waals surface area contributed by atoms with Crippen molar-refractivity contribution in [2.75, 3.05) is 6.54 Å². The summed E-state index contributed by atoms with van der Waals surface area (Å²) in [6.07, 6.45) is 3.81. The van der Waals surface area contributed by atoms with Gasteiger partial charge in [-0.1, -0.05) is 31.6 Å². The fourth-order valence-corrected chi connectivity index (χ4v) is 1.88. The summed E-state index contributed by atoms with van der Waals surface area (Å²) in [6, 6.07) is 1.00. The van der Waals surface area contributed by atoms with Crippen molar-refractivity contribution in [3.05, 3.63) is 0 Å². The average molecular weight is 239 g/mol. The molecule has 1 unspecified atom stereocenters. The molecule has 0 fully saturated rings. The molecule has 0 aliphatic heterocycles. The van der Waals surface area contributed by atoms with E-state index in [0.29, 0.717) is 12.1 Å². The minimum absolute atomic E-state index is 0.442. The van der Waals surface area contributed by atoms with Crippen LogP contribution in [0.15, 0.2) is 0 Å². The van der Waals surface area contributed by atoms with Crippen LogP contribution >= 0.6 is 0 Å². The van der Waals surface area contributed by atoms with Gasteiger partial charge in [0.15, 0.2) is 0 Å². The molecule has 0 aromatic carbocycles. The molecule has 0 aliphatic carbocycles. The summed E-state index contributed by atoms with van der Waals surface area (Å²) in [5.74, 6) is 6.05. The lowest BCUT2D eigenvalue weighted by Crippen LogP contribution is -2.37. The van der Waals surface area contributed by atoms with Crippen LogP contribution in [0.5, 0.6) is 0 Å². The Hall–Kier alpha value is -0.520. The van der Waals surface area contributed by atoms with Crippen LogP contribution in [0.3, 0.4) is 0 Å². The van der Waals surface area contributed by atoms with E-state index in [9.17, 15) is 5.11 Å². The maximum absolute atomic E-state index is 9.67. The van der Waals surface area contributed by atoms with Gasteiger partial charge in [-0.15, -0.1) is 0 Å². The second kappa shape index (κ2) is 9.50. The molecule has 0 bridgehead atoms. The number of aliphatic hydroxyl groups is 1. The van der Waals surface area contributed by atoms with Gasteiger partial charge in [0.1, 0.15) is 6.10 Å². The zero-order valence-corrected chi connectivity index (χ0v) is 12.2. The highest BCUT2D eigenvalue weighted by molar-refractivity contribution is 5.06. The van der Waals surface area contributed by atoms with Crippen LogP contribution in [0.2, 0.25) is 0 Å². The first-order valence-corrected chi connectivity index (χ1v) is 6.91. The van der Waals surface area contributed by atoms with E-state index in [0.717, 1.165) is 19.4 Å². The Kier molecular flexibility index (Phi) is 9.21. The van der Waals surface area contributed by atoms with Crippen LogP contribution in [0.25, 0.3) is 0 Å². The number of nitrogens with zero attached hydrogens (tertiary/aromatic N) is 1. The third kappa shape index (κ3) is 8.24. The van der Waals surface area contributed by atoms with Gasteiger partial charge < -0.3 is 5.11 Å². The van der Waals surface area contributed by atoms with Gasteiger partial charge in [-0.3, -0.25) is 4.90 Å². The van der Waals surface area contributed by atoms with E-state index in [-0.39, 0.29) is 0 Å². The van der Waals surface area contributed by atoms with Crippen molar-refractivity contribution in [2.24, 2.45) is 0 Å². The first kappa shape index (κ1) is 16.5. The lowest BCUT2D eigenvalue weighted by atomic mass is 10.1. The van der Waals surface area contributed by atoms with Crippen LogP contribution in [0.4, 0.5) is 0 Å². The van der Waals surface area contributed by atoms with Crippen molar-refractivity contribution in [3.8, 4) is 11.8 Å². The van der Waals surface area contributed by atoms with E-state index in [2.05, 4.69) is 51.4 Å². The van der Waals surface area contributed by atoms with Crippen LogP contribution in [0.1, 0.15) is 60.3 Å². The monoisotopic (exact) mass is 239 g/mol. The maximum atomic E-state index is 9.67. The maximum Gasteiger partial charge on any atom is 0.114 e. The minimum atomic E-state index is -0.442. The quantitative estimate of drug-likeness (QED) is 0.545. The predicted molar refractivity (Wildman–Crippen MR) is 74.9 cm³/mol. The molecule has 0 amide bonds. The largest absolute Gasteiger partial charge is 0.380 e. The number of hydrogen-bond donors (Lipinski definition) is 1. The van der Waals surface area contributed by atoms with E-state index >= 15 is 0 Å². The second-order valence-electron chi connectivity index (χ2n) is 5.19. The number of rotatable bonds is 7. The molecule has 0 aromatic rings. The molecule has 0 aromatic heterocycles. The molecule has 1 atom stereocenters. The summed E-state index contributed by atoms with van der Waals surface area (Å²) in [7, 11) is 0. The lowest BCUT2D eigenvalue weighted by Gasteiger charge is -2.28. The van der Waals surface area contributed by atoms with Crippen molar-refractivity contribution >= 4 is 0 Å². The van der Waals surface area contributed by atoms with Gasteiger partial charge >= 0.3 is 0 Å². The highest BCUT2D eigenvalue weighted by Gasteiger charge is 2.11. The zero-order valence-electron chi connectivity index (χ0n) is 12.2. The molecule has 17 heavy (non-hydrogen) atoms. The summed E-state index contributed by atoms with van der Waals surface area (Å²) >= 11 is 0. The Morgan fingerprint density at radius 2 is 1.65 bits per heavy atom. The highest BCUT2D eigenvalue weighted by atomic mass is 16.3. The fraction of sp³-hybridized carbons (Fsp3) is 0.867. The summed E-state index contributed by atoms with van der Waals surface area (Å²) in [5, 5.41) is 9.67.